The Hall–Kier alpha value is -4.11. The van der Waals surface area contributed by atoms with E-state index in [2.05, 4.69) is 108 Å². The van der Waals surface area contributed by atoms with Crippen molar-refractivity contribution >= 4 is 5.69 Å². The number of nitrogens with zero attached hydrogens (tertiary/aromatic N) is 1. The van der Waals surface area contributed by atoms with Crippen molar-refractivity contribution in [2.75, 3.05) is 5.73 Å². The lowest BCUT2D eigenvalue weighted by molar-refractivity contribution is 0.519. The summed E-state index contributed by atoms with van der Waals surface area (Å²) in [7, 11) is 0. The second-order valence-electron chi connectivity index (χ2n) is 7.98. The fraction of sp³-hybridized carbons (Fsp3) is 0.0690. The molecule has 0 aliphatic carbocycles. The second-order valence-corrected chi connectivity index (χ2v) is 7.98. The Morgan fingerprint density at radius 1 is 0.656 bits per heavy atom. The largest absolute Gasteiger partial charge is 0.399 e. The van der Waals surface area contributed by atoms with Crippen LogP contribution in [0, 0.1) is 0 Å². The average molecular weight is 416 g/mol. The fourth-order valence-corrected chi connectivity index (χ4v) is 4.89. The molecule has 0 radical (unpaired) electrons. The number of H-pyrrole nitrogens is 1. The third-order valence-corrected chi connectivity index (χ3v) is 6.16. The van der Waals surface area contributed by atoms with Crippen LogP contribution >= 0.6 is 0 Å². The number of hydrogen-bond acceptors (Lipinski definition) is 2. The van der Waals surface area contributed by atoms with Crippen LogP contribution < -0.4 is 5.73 Å². The number of nitrogen functional groups attached to an aromatic ring is 1. The summed E-state index contributed by atoms with van der Waals surface area (Å²) in [5.41, 5.74) is 11.2. The van der Waals surface area contributed by atoms with E-state index in [1.165, 1.54) is 16.7 Å². The highest BCUT2D eigenvalue weighted by atomic mass is 14.9. The van der Waals surface area contributed by atoms with Gasteiger partial charge < -0.3 is 10.7 Å². The summed E-state index contributed by atoms with van der Waals surface area (Å²) in [6.07, 6.45) is 3.71. The van der Waals surface area contributed by atoms with Crippen LogP contribution in [-0.4, -0.2) is 9.97 Å². The van der Waals surface area contributed by atoms with E-state index in [0.29, 0.717) is 0 Å². The van der Waals surface area contributed by atoms with Crippen LogP contribution in [0.4, 0.5) is 5.69 Å². The van der Waals surface area contributed by atoms with Gasteiger partial charge in [-0.25, -0.2) is 4.98 Å². The molecule has 3 N–H and O–H groups in total. The Kier molecular flexibility index (Phi) is 5.30. The van der Waals surface area contributed by atoms with Crippen molar-refractivity contribution in [3.63, 3.8) is 0 Å². The molecule has 4 aromatic carbocycles. The topological polar surface area (TPSA) is 54.7 Å². The van der Waals surface area contributed by atoms with Gasteiger partial charge in [0.05, 0.1) is 11.3 Å². The standard InChI is InChI=1S/C29H25N3/c30-26-18-10-11-22(21-26)27(28-31-19-20-32-28)29(23-12-4-1-5-13-23,24-14-6-2-7-15-24)25-16-8-3-9-17-25/h1-21,27H,30H2,(H,31,32). The van der Waals surface area contributed by atoms with Gasteiger partial charge in [0.1, 0.15) is 5.82 Å². The van der Waals surface area contributed by atoms with Crippen LogP contribution in [0.25, 0.3) is 0 Å². The molecule has 0 aliphatic rings. The van der Waals surface area contributed by atoms with Crippen LogP contribution in [-0.2, 0) is 5.41 Å². The van der Waals surface area contributed by atoms with Gasteiger partial charge in [-0.05, 0) is 34.4 Å². The van der Waals surface area contributed by atoms with E-state index < -0.39 is 5.41 Å². The molecule has 0 bridgehead atoms. The quantitative estimate of drug-likeness (QED) is 0.258. The van der Waals surface area contributed by atoms with Crippen molar-refractivity contribution in [2.45, 2.75) is 11.3 Å². The summed E-state index contributed by atoms with van der Waals surface area (Å²) >= 11 is 0. The highest BCUT2D eigenvalue weighted by Crippen LogP contribution is 2.51. The first-order chi connectivity index (χ1) is 15.8. The van der Waals surface area contributed by atoms with Crippen molar-refractivity contribution in [1.82, 2.24) is 9.97 Å². The number of anilines is 1. The monoisotopic (exact) mass is 415 g/mol. The first-order valence-corrected chi connectivity index (χ1v) is 10.8. The molecule has 1 heterocycles. The third-order valence-electron chi connectivity index (χ3n) is 6.16. The number of hydrogen-bond donors (Lipinski definition) is 2. The van der Waals surface area contributed by atoms with Crippen molar-refractivity contribution in [2.24, 2.45) is 0 Å². The molecule has 5 aromatic rings. The number of nitrogens with two attached hydrogens (primary N) is 1. The maximum Gasteiger partial charge on any atom is 0.115 e. The molecule has 0 saturated carbocycles. The predicted octanol–water partition coefficient (Wildman–Crippen LogP) is 6.16. The Morgan fingerprint density at radius 3 is 1.62 bits per heavy atom. The van der Waals surface area contributed by atoms with E-state index in [9.17, 15) is 0 Å². The first-order valence-electron chi connectivity index (χ1n) is 10.8. The molecule has 156 valence electrons. The van der Waals surface area contributed by atoms with Crippen molar-refractivity contribution in [3.8, 4) is 0 Å². The van der Waals surface area contributed by atoms with Crippen LogP contribution in [0.3, 0.4) is 0 Å². The van der Waals surface area contributed by atoms with Gasteiger partial charge in [0.25, 0.3) is 0 Å². The molecule has 0 spiro atoms. The molecule has 32 heavy (non-hydrogen) atoms. The smallest absolute Gasteiger partial charge is 0.115 e. The minimum absolute atomic E-state index is 0.131. The molecule has 1 aromatic heterocycles. The van der Waals surface area contributed by atoms with E-state index in [1.807, 2.05) is 24.5 Å². The molecule has 3 heteroatoms. The van der Waals surface area contributed by atoms with Gasteiger partial charge in [0, 0.05) is 18.1 Å². The Morgan fingerprint density at radius 2 is 1.19 bits per heavy atom. The van der Waals surface area contributed by atoms with E-state index in [1.54, 1.807) is 0 Å². The molecular weight excluding hydrogens is 390 g/mol. The minimum Gasteiger partial charge on any atom is -0.399 e. The highest BCUT2D eigenvalue weighted by Gasteiger charge is 2.46. The normalized spacial score (nSPS) is 12.4. The van der Waals surface area contributed by atoms with E-state index in [-0.39, 0.29) is 5.92 Å². The first kappa shape index (κ1) is 19.8. The van der Waals surface area contributed by atoms with Crippen molar-refractivity contribution in [3.05, 3.63) is 156 Å². The Balaban J connectivity index is 1.94. The van der Waals surface area contributed by atoms with E-state index >= 15 is 0 Å². The molecular formula is C29H25N3. The molecule has 3 nitrogen and oxygen atoms in total. The zero-order valence-corrected chi connectivity index (χ0v) is 17.7. The lowest BCUT2D eigenvalue weighted by Crippen LogP contribution is -2.38. The SMILES string of the molecule is Nc1cccc(C(c2ncc[nH]2)C(c2ccccc2)(c2ccccc2)c2ccccc2)c1. The molecule has 0 saturated heterocycles. The highest BCUT2D eigenvalue weighted by molar-refractivity contribution is 5.58. The van der Waals surface area contributed by atoms with Gasteiger partial charge in [-0.1, -0.05) is 103 Å². The van der Waals surface area contributed by atoms with Gasteiger partial charge in [-0.3, -0.25) is 0 Å². The van der Waals surface area contributed by atoms with E-state index in [4.69, 9.17) is 10.7 Å². The minimum atomic E-state index is -0.532. The van der Waals surface area contributed by atoms with Gasteiger partial charge in [0.2, 0.25) is 0 Å². The second kappa shape index (κ2) is 8.56. The fourth-order valence-electron chi connectivity index (χ4n) is 4.89. The van der Waals surface area contributed by atoms with Crippen LogP contribution in [0.2, 0.25) is 0 Å². The van der Waals surface area contributed by atoms with Gasteiger partial charge in [-0.15, -0.1) is 0 Å². The van der Waals surface area contributed by atoms with Gasteiger partial charge in [-0.2, -0.15) is 0 Å². The average Bonchev–Trinajstić information content (AvgIpc) is 3.38. The number of nitrogens with one attached hydrogen (secondary N) is 1. The maximum absolute atomic E-state index is 6.28. The zero-order valence-electron chi connectivity index (χ0n) is 17.7. The third kappa shape index (κ3) is 3.38. The molecule has 0 fully saturated rings. The van der Waals surface area contributed by atoms with Crippen LogP contribution in [0.15, 0.2) is 128 Å². The Labute approximate surface area is 188 Å². The summed E-state index contributed by atoms with van der Waals surface area (Å²) in [6.45, 7) is 0. The number of imidazole rings is 1. The lowest BCUT2D eigenvalue weighted by Gasteiger charge is -2.42. The summed E-state index contributed by atoms with van der Waals surface area (Å²) in [6, 6.07) is 40.2. The number of benzene rings is 4. The Bertz CT molecular complexity index is 1170. The number of aromatic amines is 1. The number of rotatable bonds is 6. The van der Waals surface area contributed by atoms with Crippen LogP contribution in [0.5, 0.6) is 0 Å². The zero-order chi connectivity index (χ0) is 21.8. The van der Waals surface area contributed by atoms with Crippen molar-refractivity contribution < 1.29 is 0 Å². The van der Waals surface area contributed by atoms with Crippen molar-refractivity contribution in [1.29, 1.82) is 0 Å². The molecule has 0 amide bonds. The maximum atomic E-state index is 6.28. The lowest BCUT2D eigenvalue weighted by atomic mass is 9.59. The predicted molar refractivity (Wildman–Crippen MR) is 130 cm³/mol. The summed E-state index contributed by atoms with van der Waals surface area (Å²) in [5, 5.41) is 0. The van der Waals surface area contributed by atoms with Gasteiger partial charge >= 0.3 is 0 Å². The van der Waals surface area contributed by atoms with E-state index in [0.717, 1.165) is 17.1 Å². The number of aromatic nitrogens is 2. The molecule has 5 rings (SSSR count). The summed E-state index contributed by atoms with van der Waals surface area (Å²) in [4.78, 5) is 8.19. The molecule has 0 aliphatic heterocycles. The summed E-state index contributed by atoms with van der Waals surface area (Å²) < 4.78 is 0. The molecule has 1 atom stereocenters. The van der Waals surface area contributed by atoms with Gasteiger partial charge in [0.15, 0.2) is 0 Å². The van der Waals surface area contributed by atoms with Crippen LogP contribution in [0.1, 0.15) is 34.0 Å². The molecule has 1 unspecified atom stereocenters. The summed E-state index contributed by atoms with van der Waals surface area (Å²) in [5.74, 6) is 0.764.